The van der Waals surface area contributed by atoms with Crippen molar-refractivity contribution in [1.29, 1.82) is 0 Å². The summed E-state index contributed by atoms with van der Waals surface area (Å²) in [5.41, 5.74) is 0. The molecule has 0 aromatic carbocycles. The van der Waals surface area contributed by atoms with Crippen LogP contribution in [0.2, 0.25) is 0 Å². The van der Waals surface area contributed by atoms with Crippen LogP contribution in [-0.2, 0) is 4.52 Å². The van der Waals surface area contributed by atoms with E-state index in [0.29, 0.717) is 0 Å². The first-order chi connectivity index (χ1) is 2.81. The Morgan fingerprint density at radius 3 is 2.33 bits per heavy atom. The highest BCUT2D eigenvalue weighted by atomic mass is 31.2. The molecule has 1 N–H and O–H groups in total. The number of hydrogen-bond donors (Lipinski definition) is 1. The summed E-state index contributed by atoms with van der Waals surface area (Å²) >= 11 is 0. The van der Waals surface area contributed by atoms with Crippen molar-refractivity contribution >= 4 is 8.38 Å². The third-order valence-electron chi connectivity index (χ3n) is 0.481. The molecule has 0 aromatic rings. The Bertz CT molecular complexity index is 28.0. The van der Waals surface area contributed by atoms with Gasteiger partial charge in [0, 0.05) is 13.3 Å². The Morgan fingerprint density at radius 2 is 2.33 bits per heavy atom. The molecule has 3 heteroatoms. The van der Waals surface area contributed by atoms with Gasteiger partial charge in [-0.3, -0.25) is 0 Å². The summed E-state index contributed by atoms with van der Waals surface area (Å²) < 4.78 is 4.52. The molecule has 0 aliphatic rings. The third-order valence-corrected chi connectivity index (χ3v) is 1.44. The molecule has 0 saturated carbocycles. The van der Waals surface area contributed by atoms with Crippen molar-refractivity contribution in [3.63, 3.8) is 0 Å². The van der Waals surface area contributed by atoms with Gasteiger partial charge < -0.3 is 9.42 Å². The fourth-order valence-electron chi connectivity index (χ4n) is 0.129. The van der Waals surface area contributed by atoms with Gasteiger partial charge >= 0.3 is 0 Å². The van der Waals surface area contributed by atoms with Crippen LogP contribution in [0.25, 0.3) is 0 Å². The van der Waals surface area contributed by atoms with E-state index in [0.717, 1.165) is 6.16 Å². The molecule has 0 spiro atoms. The van der Waals surface area contributed by atoms with Crippen LogP contribution in [0.4, 0.5) is 0 Å². The monoisotopic (exact) mass is 108 g/mol. The smallest absolute Gasteiger partial charge is 0.167 e. The van der Waals surface area contributed by atoms with E-state index in [-0.39, 0.29) is 0 Å². The van der Waals surface area contributed by atoms with Gasteiger partial charge in [-0.15, -0.1) is 0 Å². The highest BCUT2D eigenvalue weighted by molar-refractivity contribution is 7.46. The zero-order chi connectivity index (χ0) is 4.99. The molecule has 0 aromatic heterocycles. The van der Waals surface area contributed by atoms with E-state index in [2.05, 4.69) is 4.52 Å². The first-order valence-corrected chi connectivity index (χ1v) is 3.21. The summed E-state index contributed by atoms with van der Waals surface area (Å²) in [6.45, 7) is 1.88. The SMILES string of the molecule is CCP(O)OC. The molecule has 0 aliphatic heterocycles. The van der Waals surface area contributed by atoms with Gasteiger partial charge in [0.25, 0.3) is 0 Å². The molecule has 38 valence electrons. The zero-order valence-electron chi connectivity index (χ0n) is 4.01. The van der Waals surface area contributed by atoms with Gasteiger partial charge in [-0.25, -0.2) is 0 Å². The van der Waals surface area contributed by atoms with E-state index >= 15 is 0 Å². The largest absolute Gasteiger partial charge is 0.350 e. The molecular weight excluding hydrogens is 99.0 g/mol. The average Bonchev–Trinajstić information content (AvgIpc) is 1.65. The third kappa shape index (κ3) is 2.58. The molecule has 1 unspecified atom stereocenters. The van der Waals surface area contributed by atoms with Gasteiger partial charge in [-0.05, 0) is 0 Å². The van der Waals surface area contributed by atoms with Gasteiger partial charge in [0.15, 0.2) is 8.38 Å². The summed E-state index contributed by atoms with van der Waals surface area (Å²) in [6.07, 6.45) is 0.728. The molecule has 6 heavy (non-hydrogen) atoms. The summed E-state index contributed by atoms with van der Waals surface area (Å²) in [5.74, 6) is 0. The first kappa shape index (κ1) is 6.35. The van der Waals surface area contributed by atoms with Gasteiger partial charge in [0.1, 0.15) is 0 Å². The van der Waals surface area contributed by atoms with E-state index in [9.17, 15) is 0 Å². The highest BCUT2D eigenvalue weighted by Gasteiger charge is 1.91. The van der Waals surface area contributed by atoms with E-state index in [1.165, 1.54) is 7.11 Å². The van der Waals surface area contributed by atoms with E-state index < -0.39 is 8.38 Å². The first-order valence-electron chi connectivity index (χ1n) is 1.81. The summed E-state index contributed by atoms with van der Waals surface area (Å²) in [6, 6.07) is 0. The fraction of sp³-hybridized carbons (Fsp3) is 1.00. The second-order valence-electron chi connectivity index (χ2n) is 0.851. The summed E-state index contributed by atoms with van der Waals surface area (Å²) in [4.78, 5) is 8.51. The van der Waals surface area contributed by atoms with Crippen LogP contribution in [0.3, 0.4) is 0 Å². The minimum atomic E-state index is -1.08. The van der Waals surface area contributed by atoms with Crippen LogP contribution in [0, 0.1) is 0 Å². The standard InChI is InChI=1S/C3H9O2P/c1-3-6(4)5-2/h4H,3H2,1-2H3. The maximum absolute atomic E-state index is 8.51. The van der Waals surface area contributed by atoms with Crippen molar-refractivity contribution in [2.75, 3.05) is 13.3 Å². The van der Waals surface area contributed by atoms with E-state index in [4.69, 9.17) is 4.89 Å². The zero-order valence-corrected chi connectivity index (χ0v) is 4.90. The van der Waals surface area contributed by atoms with Gasteiger partial charge in [0.2, 0.25) is 0 Å². The molecule has 0 aliphatic carbocycles. The number of hydrogen-bond acceptors (Lipinski definition) is 2. The van der Waals surface area contributed by atoms with Gasteiger partial charge in [0.05, 0.1) is 0 Å². The van der Waals surface area contributed by atoms with Gasteiger partial charge in [-0.1, -0.05) is 6.92 Å². The molecule has 0 radical (unpaired) electrons. The Balaban J connectivity index is 2.75. The molecule has 0 heterocycles. The van der Waals surface area contributed by atoms with Crippen molar-refractivity contribution < 1.29 is 9.42 Å². The second kappa shape index (κ2) is 3.54. The van der Waals surface area contributed by atoms with Crippen LogP contribution in [0.5, 0.6) is 0 Å². The van der Waals surface area contributed by atoms with Crippen LogP contribution >= 0.6 is 8.38 Å². The lowest BCUT2D eigenvalue weighted by atomic mass is 11.0. The van der Waals surface area contributed by atoms with Crippen molar-refractivity contribution in [3.05, 3.63) is 0 Å². The predicted octanol–water partition coefficient (Wildman–Crippen LogP) is 0.957. The Hall–Kier alpha value is 0.350. The molecule has 0 rings (SSSR count). The fourth-order valence-corrected chi connectivity index (χ4v) is 0.387. The van der Waals surface area contributed by atoms with Crippen LogP contribution in [-0.4, -0.2) is 18.2 Å². The summed E-state index contributed by atoms with van der Waals surface area (Å²) in [5, 5.41) is 0. The maximum Gasteiger partial charge on any atom is 0.167 e. The maximum atomic E-state index is 8.51. The Labute approximate surface area is 39.0 Å². The normalized spacial score (nSPS) is 14.5. The van der Waals surface area contributed by atoms with E-state index in [1.807, 2.05) is 6.92 Å². The molecule has 0 saturated heterocycles. The van der Waals surface area contributed by atoms with E-state index in [1.54, 1.807) is 0 Å². The summed E-state index contributed by atoms with van der Waals surface area (Å²) in [7, 11) is 0.433. The lowest BCUT2D eigenvalue weighted by molar-refractivity contribution is 0.391. The number of rotatable bonds is 2. The minimum absolute atomic E-state index is 0.728. The van der Waals surface area contributed by atoms with Crippen molar-refractivity contribution in [1.82, 2.24) is 0 Å². The van der Waals surface area contributed by atoms with Crippen molar-refractivity contribution in [3.8, 4) is 0 Å². The topological polar surface area (TPSA) is 29.5 Å². The second-order valence-corrected chi connectivity index (χ2v) is 2.55. The molecule has 0 bridgehead atoms. The Morgan fingerprint density at radius 1 is 1.83 bits per heavy atom. The quantitative estimate of drug-likeness (QED) is 0.534. The lowest BCUT2D eigenvalue weighted by Crippen LogP contribution is -1.75. The average molecular weight is 108 g/mol. The van der Waals surface area contributed by atoms with Crippen LogP contribution in [0.15, 0.2) is 0 Å². The molecule has 1 atom stereocenters. The van der Waals surface area contributed by atoms with Crippen LogP contribution in [0.1, 0.15) is 6.92 Å². The van der Waals surface area contributed by atoms with Crippen molar-refractivity contribution in [2.45, 2.75) is 6.92 Å². The Kier molecular flexibility index (Phi) is 3.74. The predicted molar refractivity (Wildman–Crippen MR) is 26.7 cm³/mol. The molecule has 0 amide bonds. The van der Waals surface area contributed by atoms with Crippen LogP contribution < -0.4 is 0 Å². The molecule has 2 nitrogen and oxygen atoms in total. The highest BCUT2D eigenvalue weighted by Crippen LogP contribution is 2.27. The molecule has 0 fully saturated rings. The lowest BCUT2D eigenvalue weighted by Gasteiger charge is -1.98. The van der Waals surface area contributed by atoms with Gasteiger partial charge in [-0.2, -0.15) is 0 Å². The minimum Gasteiger partial charge on any atom is -0.350 e. The van der Waals surface area contributed by atoms with Crippen molar-refractivity contribution in [2.24, 2.45) is 0 Å². The molecular formula is C3H9O2P.